The average molecular weight is 672 g/mol. The van der Waals surface area contributed by atoms with E-state index < -0.39 is 21.8 Å². The molecule has 0 saturated carbocycles. The number of nitrogens with one attached hydrogen (secondary N) is 1. The molecular weight excluding hydrogens is 642 g/mol. The predicted octanol–water partition coefficient (Wildman–Crippen LogP) is 7.95. The van der Waals surface area contributed by atoms with Gasteiger partial charge in [-0.05, 0) is 79.2 Å². The number of amides is 3. The molecule has 0 radical (unpaired) electrons. The summed E-state index contributed by atoms with van der Waals surface area (Å²) in [4.78, 5) is 63.2. The summed E-state index contributed by atoms with van der Waals surface area (Å²) in [6, 6.07) is 20.3. The van der Waals surface area contributed by atoms with E-state index in [1.807, 2.05) is 13.8 Å². The molecule has 1 heterocycles. The van der Waals surface area contributed by atoms with Crippen LogP contribution in [0.25, 0.3) is 10.9 Å². The van der Waals surface area contributed by atoms with Gasteiger partial charge in [0.1, 0.15) is 5.75 Å². The standard InChI is InChI=1S/C32H24ClN5O8.C2H6/c1-19-27(28-17-26(46-2)15-16-29(28)35(19)31(40)20-3-5-21(33)6-4-20)18-30(39)36(23-11-13-25(14-12-23)38(44)45)32(41)34-22-7-9-24(10-8-22)37(42)43;1-2/h3-17H,18H2,1-2H3,(H,34,41);1-2H3. The Bertz CT molecular complexity index is 2010. The van der Waals surface area contributed by atoms with E-state index in [0.29, 0.717) is 38.5 Å². The van der Waals surface area contributed by atoms with Gasteiger partial charge in [0.05, 0.1) is 34.6 Å². The normalized spacial score (nSPS) is 10.4. The Morgan fingerprint density at radius 1 is 0.854 bits per heavy atom. The summed E-state index contributed by atoms with van der Waals surface area (Å²) in [6.45, 7) is 5.68. The first-order chi connectivity index (χ1) is 23.0. The predicted molar refractivity (Wildman–Crippen MR) is 182 cm³/mol. The molecule has 0 aliphatic heterocycles. The molecule has 1 N–H and O–H groups in total. The lowest BCUT2D eigenvalue weighted by Crippen LogP contribution is -2.41. The third kappa shape index (κ3) is 7.32. The molecule has 14 heteroatoms. The Kier molecular flexibility index (Phi) is 10.9. The van der Waals surface area contributed by atoms with Crippen molar-refractivity contribution < 1.29 is 29.0 Å². The number of halogens is 1. The smallest absolute Gasteiger partial charge is 0.333 e. The number of non-ortho nitro benzene ring substituents is 2. The van der Waals surface area contributed by atoms with Crippen molar-refractivity contribution in [3.63, 3.8) is 0 Å². The second kappa shape index (κ2) is 15.0. The third-order valence-electron chi connectivity index (χ3n) is 7.26. The molecule has 0 spiro atoms. The lowest BCUT2D eigenvalue weighted by molar-refractivity contribution is -0.385. The fourth-order valence-corrected chi connectivity index (χ4v) is 5.10. The fraction of sp³-hybridized carbons (Fsp3) is 0.147. The molecule has 0 aliphatic carbocycles. The van der Waals surface area contributed by atoms with Crippen molar-refractivity contribution in [2.24, 2.45) is 0 Å². The number of imide groups is 1. The Labute approximate surface area is 279 Å². The number of ether oxygens (including phenoxy) is 1. The number of anilines is 2. The molecule has 48 heavy (non-hydrogen) atoms. The number of urea groups is 1. The molecule has 0 unspecified atom stereocenters. The number of hydrogen-bond donors (Lipinski definition) is 1. The highest BCUT2D eigenvalue weighted by molar-refractivity contribution is 6.30. The molecule has 0 atom stereocenters. The molecule has 0 saturated heterocycles. The minimum absolute atomic E-state index is 0.0335. The molecule has 0 aliphatic rings. The van der Waals surface area contributed by atoms with E-state index >= 15 is 0 Å². The Hall–Kier alpha value is -6.08. The van der Waals surface area contributed by atoms with Gasteiger partial charge in [0.25, 0.3) is 17.3 Å². The molecular formula is C34H30ClN5O8. The zero-order valence-electron chi connectivity index (χ0n) is 26.3. The van der Waals surface area contributed by atoms with E-state index in [1.165, 1.54) is 48.1 Å². The van der Waals surface area contributed by atoms with Crippen LogP contribution in [-0.2, 0) is 11.2 Å². The van der Waals surface area contributed by atoms with Crippen molar-refractivity contribution in [3.05, 3.63) is 133 Å². The Balaban J connectivity index is 0.00000255. The van der Waals surface area contributed by atoms with E-state index in [0.717, 1.165) is 17.0 Å². The monoisotopic (exact) mass is 671 g/mol. The number of carbonyl (C=O) groups is 3. The lowest BCUT2D eigenvalue weighted by atomic mass is 10.1. The van der Waals surface area contributed by atoms with Gasteiger partial charge in [-0.15, -0.1) is 0 Å². The van der Waals surface area contributed by atoms with Crippen LogP contribution < -0.4 is 15.0 Å². The molecule has 4 aromatic carbocycles. The van der Waals surface area contributed by atoms with Crippen LogP contribution >= 0.6 is 11.6 Å². The van der Waals surface area contributed by atoms with Gasteiger partial charge in [-0.25, -0.2) is 9.69 Å². The van der Waals surface area contributed by atoms with Crippen LogP contribution in [0.2, 0.25) is 5.02 Å². The van der Waals surface area contributed by atoms with Gasteiger partial charge in [0.15, 0.2) is 0 Å². The summed E-state index contributed by atoms with van der Waals surface area (Å²) >= 11 is 6.02. The van der Waals surface area contributed by atoms with Crippen molar-refractivity contribution >= 4 is 63.1 Å². The van der Waals surface area contributed by atoms with Crippen LogP contribution in [0, 0.1) is 27.2 Å². The maximum absolute atomic E-state index is 14.0. The number of aromatic nitrogens is 1. The van der Waals surface area contributed by atoms with Crippen LogP contribution in [0.5, 0.6) is 5.75 Å². The van der Waals surface area contributed by atoms with E-state index in [1.54, 1.807) is 49.4 Å². The van der Waals surface area contributed by atoms with Gasteiger partial charge in [0.2, 0.25) is 5.91 Å². The van der Waals surface area contributed by atoms with E-state index in [2.05, 4.69) is 5.32 Å². The van der Waals surface area contributed by atoms with Gasteiger partial charge in [-0.3, -0.25) is 34.4 Å². The van der Waals surface area contributed by atoms with Crippen molar-refractivity contribution in [2.75, 3.05) is 17.3 Å². The molecule has 13 nitrogen and oxygen atoms in total. The molecule has 5 rings (SSSR count). The fourth-order valence-electron chi connectivity index (χ4n) is 4.97. The number of nitro benzene ring substituents is 2. The first-order valence-corrected chi connectivity index (χ1v) is 15.0. The van der Waals surface area contributed by atoms with Crippen LogP contribution in [0.15, 0.2) is 91.0 Å². The van der Waals surface area contributed by atoms with Crippen LogP contribution in [0.3, 0.4) is 0 Å². The van der Waals surface area contributed by atoms with Crippen molar-refractivity contribution in [2.45, 2.75) is 27.2 Å². The quantitative estimate of drug-likeness (QED) is 0.128. The number of rotatable bonds is 8. The number of fused-ring (bicyclic) bond motifs is 1. The van der Waals surface area contributed by atoms with E-state index in [4.69, 9.17) is 16.3 Å². The molecule has 0 bridgehead atoms. The van der Waals surface area contributed by atoms with Crippen LogP contribution in [-0.4, -0.2) is 39.4 Å². The van der Waals surface area contributed by atoms with Gasteiger partial charge < -0.3 is 10.1 Å². The second-order valence-electron chi connectivity index (χ2n) is 10.0. The number of carbonyl (C=O) groups excluding carboxylic acids is 3. The molecule has 3 amide bonds. The van der Waals surface area contributed by atoms with Gasteiger partial charge in [-0.2, -0.15) is 0 Å². The first kappa shape index (κ1) is 34.8. The highest BCUT2D eigenvalue weighted by atomic mass is 35.5. The summed E-state index contributed by atoms with van der Waals surface area (Å²) < 4.78 is 6.87. The molecule has 246 valence electrons. The van der Waals surface area contributed by atoms with Gasteiger partial charge >= 0.3 is 6.03 Å². The number of hydrogen-bond acceptors (Lipinski definition) is 8. The first-order valence-electron chi connectivity index (χ1n) is 14.6. The number of benzene rings is 4. The van der Waals surface area contributed by atoms with Crippen molar-refractivity contribution in [3.8, 4) is 5.75 Å². The summed E-state index contributed by atoms with van der Waals surface area (Å²) in [5.41, 5.74) is 1.49. The van der Waals surface area contributed by atoms with Crippen molar-refractivity contribution in [1.29, 1.82) is 0 Å². The van der Waals surface area contributed by atoms with E-state index in [9.17, 15) is 34.6 Å². The van der Waals surface area contributed by atoms with Gasteiger partial charge in [-0.1, -0.05) is 25.4 Å². The summed E-state index contributed by atoms with van der Waals surface area (Å²) in [7, 11) is 1.48. The van der Waals surface area contributed by atoms with Crippen LogP contribution in [0.4, 0.5) is 27.5 Å². The number of methoxy groups -OCH3 is 1. The minimum Gasteiger partial charge on any atom is -0.497 e. The summed E-state index contributed by atoms with van der Waals surface area (Å²) in [6.07, 6.45) is -0.360. The molecule has 0 fully saturated rings. The zero-order chi connectivity index (χ0) is 35.1. The highest BCUT2D eigenvalue weighted by Gasteiger charge is 2.28. The third-order valence-corrected chi connectivity index (χ3v) is 7.52. The maximum Gasteiger partial charge on any atom is 0.333 e. The largest absolute Gasteiger partial charge is 0.497 e. The minimum atomic E-state index is -0.913. The molecule has 1 aromatic heterocycles. The van der Waals surface area contributed by atoms with E-state index in [-0.39, 0.29) is 35.1 Å². The van der Waals surface area contributed by atoms with Crippen LogP contribution in [0.1, 0.15) is 35.5 Å². The van der Waals surface area contributed by atoms with Gasteiger partial charge in [0, 0.05) is 51.6 Å². The topological polar surface area (TPSA) is 167 Å². The second-order valence-corrected chi connectivity index (χ2v) is 10.4. The lowest BCUT2D eigenvalue weighted by Gasteiger charge is -2.22. The number of nitro groups is 2. The maximum atomic E-state index is 14.0. The average Bonchev–Trinajstić information content (AvgIpc) is 3.35. The zero-order valence-corrected chi connectivity index (χ0v) is 27.1. The summed E-state index contributed by atoms with van der Waals surface area (Å²) in [5, 5.41) is 25.8. The summed E-state index contributed by atoms with van der Waals surface area (Å²) in [5.74, 6) is -0.622. The number of nitrogens with zero attached hydrogens (tertiary/aromatic N) is 4. The Morgan fingerprint density at radius 2 is 1.42 bits per heavy atom. The highest BCUT2D eigenvalue weighted by Crippen LogP contribution is 2.32. The SMILES string of the molecule is CC.COc1ccc2c(c1)c(CC(=O)N(C(=O)Nc1ccc([N+](=O)[O-])cc1)c1ccc([N+](=O)[O-])cc1)c(C)n2C(=O)c1ccc(Cl)cc1. The molecule has 5 aromatic rings. The van der Waals surface area contributed by atoms with Crippen molar-refractivity contribution in [1.82, 2.24) is 4.57 Å². The Morgan fingerprint density at radius 3 is 1.96 bits per heavy atom.